The molecule has 0 aliphatic carbocycles. The highest BCUT2D eigenvalue weighted by molar-refractivity contribution is 6.29. The van der Waals surface area contributed by atoms with Crippen LogP contribution in [0.3, 0.4) is 0 Å². The van der Waals surface area contributed by atoms with Gasteiger partial charge >= 0.3 is 0 Å². The Bertz CT molecular complexity index is 600. The lowest BCUT2D eigenvalue weighted by atomic mass is 9.98. The average Bonchev–Trinajstić information content (AvgIpc) is 2.78. The van der Waals surface area contributed by atoms with E-state index < -0.39 is 0 Å². The molecule has 0 fully saturated rings. The number of fused-ring (bicyclic) bond motifs is 1. The summed E-state index contributed by atoms with van der Waals surface area (Å²) in [6.45, 7) is 2.62. The monoisotopic (exact) mass is 287 g/mol. The molecule has 0 spiro atoms. The number of halogens is 1. The van der Waals surface area contributed by atoms with Crippen LogP contribution in [0.2, 0.25) is 5.15 Å². The molecule has 104 valence electrons. The third-order valence-electron chi connectivity index (χ3n) is 3.84. The first kappa shape index (κ1) is 13.4. The van der Waals surface area contributed by atoms with Crippen LogP contribution in [0.25, 0.3) is 0 Å². The predicted molar refractivity (Wildman–Crippen MR) is 83.2 cm³/mol. The first-order chi connectivity index (χ1) is 9.78. The molecule has 2 N–H and O–H groups in total. The predicted octanol–water partition coefficient (Wildman–Crippen LogP) is 3.19. The minimum Gasteiger partial charge on any atom is -0.366 e. The van der Waals surface area contributed by atoms with E-state index in [9.17, 15) is 0 Å². The SMILES string of the molecule is NCCC1CN(Cc2ccnc(Cl)c2)c2ccccc21. The molecule has 0 bridgehead atoms. The number of hydrogen-bond acceptors (Lipinski definition) is 3. The van der Waals surface area contributed by atoms with E-state index >= 15 is 0 Å². The van der Waals surface area contributed by atoms with E-state index in [0.717, 1.165) is 26.1 Å². The van der Waals surface area contributed by atoms with Crippen molar-refractivity contribution in [2.75, 3.05) is 18.0 Å². The molecule has 2 heterocycles. The summed E-state index contributed by atoms with van der Waals surface area (Å²) in [4.78, 5) is 6.44. The van der Waals surface area contributed by atoms with Gasteiger partial charge in [-0.3, -0.25) is 0 Å². The number of nitrogens with zero attached hydrogens (tertiary/aromatic N) is 2. The number of hydrogen-bond donors (Lipinski definition) is 1. The fourth-order valence-corrected chi connectivity index (χ4v) is 3.14. The zero-order chi connectivity index (χ0) is 13.9. The summed E-state index contributed by atoms with van der Waals surface area (Å²) in [7, 11) is 0. The smallest absolute Gasteiger partial charge is 0.129 e. The van der Waals surface area contributed by atoms with Crippen molar-refractivity contribution in [1.82, 2.24) is 4.98 Å². The van der Waals surface area contributed by atoms with E-state index in [0.29, 0.717) is 11.1 Å². The van der Waals surface area contributed by atoms with Crippen LogP contribution in [0.1, 0.15) is 23.5 Å². The molecule has 1 aliphatic heterocycles. The van der Waals surface area contributed by atoms with Crippen LogP contribution < -0.4 is 10.6 Å². The van der Waals surface area contributed by atoms with Crippen molar-refractivity contribution >= 4 is 17.3 Å². The second kappa shape index (κ2) is 5.81. The van der Waals surface area contributed by atoms with E-state index in [-0.39, 0.29) is 0 Å². The average molecular weight is 288 g/mol. The first-order valence-electron chi connectivity index (χ1n) is 6.92. The lowest BCUT2D eigenvalue weighted by molar-refractivity contribution is 0.644. The van der Waals surface area contributed by atoms with Gasteiger partial charge in [-0.1, -0.05) is 29.8 Å². The van der Waals surface area contributed by atoms with Crippen molar-refractivity contribution in [2.24, 2.45) is 5.73 Å². The summed E-state index contributed by atoms with van der Waals surface area (Å²) in [5.41, 5.74) is 9.66. The molecular formula is C16H18ClN3. The molecule has 0 radical (unpaired) electrons. The van der Waals surface area contributed by atoms with Crippen LogP contribution in [0.4, 0.5) is 5.69 Å². The molecular weight excluding hydrogens is 270 g/mol. The molecule has 3 rings (SSSR count). The minimum atomic E-state index is 0.536. The number of rotatable bonds is 4. The van der Waals surface area contributed by atoms with Crippen LogP contribution in [0.5, 0.6) is 0 Å². The first-order valence-corrected chi connectivity index (χ1v) is 7.30. The van der Waals surface area contributed by atoms with Gasteiger partial charge in [-0.15, -0.1) is 0 Å². The van der Waals surface area contributed by atoms with Crippen molar-refractivity contribution < 1.29 is 0 Å². The number of pyridine rings is 1. The highest BCUT2D eigenvalue weighted by Gasteiger charge is 2.27. The van der Waals surface area contributed by atoms with Crippen LogP contribution in [-0.4, -0.2) is 18.1 Å². The molecule has 3 nitrogen and oxygen atoms in total. The van der Waals surface area contributed by atoms with E-state index in [2.05, 4.69) is 34.1 Å². The van der Waals surface area contributed by atoms with Crippen LogP contribution in [-0.2, 0) is 6.54 Å². The van der Waals surface area contributed by atoms with Gasteiger partial charge in [0.15, 0.2) is 0 Å². The fraction of sp³-hybridized carbons (Fsp3) is 0.312. The Balaban J connectivity index is 1.85. The summed E-state index contributed by atoms with van der Waals surface area (Å²) < 4.78 is 0. The van der Waals surface area contributed by atoms with Crippen molar-refractivity contribution in [3.05, 3.63) is 58.9 Å². The van der Waals surface area contributed by atoms with E-state index in [4.69, 9.17) is 17.3 Å². The number of anilines is 1. The molecule has 4 heteroatoms. The molecule has 0 saturated carbocycles. The molecule has 1 aliphatic rings. The van der Waals surface area contributed by atoms with E-state index in [1.54, 1.807) is 6.20 Å². The molecule has 1 aromatic heterocycles. The van der Waals surface area contributed by atoms with Gasteiger partial charge in [0.05, 0.1) is 0 Å². The maximum Gasteiger partial charge on any atom is 0.129 e. The topological polar surface area (TPSA) is 42.1 Å². The number of nitrogens with two attached hydrogens (primary N) is 1. The largest absolute Gasteiger partial charge is 0.366 e. The van der Waals surface area contributed by atoms with Crippen molar-refractivity contribution in [3.8, 4) is 0 Å². The quantitative estimate of drug-likeness (QED) is 0.878. The highest BCUT2D eigenvalue weighted by Crippen LogP contribution is 2.38. The number of para-hydroxylation sites is 1. The fourth-order valence-electron chi connectivity index (χ4n) is 2.94. The molecule has 1 aromatic carbocycles. The zero-order valence-electron chi connectivity index (χ0n) is 11.3. The van der Waals surface area contributed by atoms with Gasteiger partial charge in [0.25, 0.3) is 0 Å². The Kier molecular flexibility index (Phi) is 3.90. The lowest BCUT2D eigenvalue weighted by Gasteiger charge is -2.20. The number of benzene rings is 1. The molecule has 20 heavy (non-hydrogen) atoms. The van der Waals surface area contributed by atoms with Gasteiger partial charge in [0, 0.05) is 30.9 Å². The van der Waals surface area contributed by atoms with E-state index in [1.807, 2.05) is 12.1 Å². The summed E-state index contributed by atoms with van der Waals surface area (Å²) >= 11 is 5.96. The summed E-state index contributed by atoms with van der Waals surface area (Å²) in [5.74, 6) is 0.536. The molecule has 2 aromatic rings. The Morgan fingerprint density at radius 2 is 2.15 bits per heavy atom. The second-order valence-corrected chi connectivity index (χ2v) is 5.59. The summed E-state index contributed by atoms with van der Waals surface area (Å²) in [6.07, 6.45) is 2.79. The van der Waals surface area contributed by atoms with Crippen molar-refractivity contribution in [3.63, 3.8) is 0 Å². The standard InChI is InChI=1S/C16H18ClN3/c17-16-9-12(6-8-19-16)10-20-11-13(5-7-18)14-3-1-2-4-15(14)20/h1-4,6,8-9,13H,5,7,10-11,18H2. The second-order valence-electron chi connectivity index (χ2n) is 5.20. The minimum absolute atomic E-state index is 0.536. The van der Waals surface area contributed by atoms with Gasteiger partial charge in [0.2, 0.25) is 0 Å². The Morgan fingerprint density at radius 1 is 1.30 bits per heavy atom. The van der Waals surface area contributed by atoms with Gasteiger partial charge < -0.3 is 10.6 Å². The van der Waals surface area contributed by atoms with Crippen molar-refractivity contribution in [1.29, 1.82) is 0 Å². The third kappa shape index (κ3) is 2.65. The van der Waals surface area contributed by atoms with Crippen LogP contribution in [0, 0.1) is 0 Å². The van der Waals surface area contributed by atoms with Crippen molar-refractivity contribution in [2.45, 2.75) is 18.9 Å². The summed E-state index contributed by atoms with van der Waals surface area (Å²) in [5, 5.41) is 0.550. The Hall–Kier alpha value is -1.58. The van der Waals surface area contributed by atoms with Gasteiger partial charge in [0.1, 0.15) is 5.15 Å². The number of aromatic nitrogens is 1. The molecule has 0 saturated heterocycles. The Labute approximate surface area is 124 Å². The normalized spacial score (nSPS) is 17.3. The Morgan fingerprint density at radius 3 is 2.95 bits per heavy atom. The lowest BCUT2D eigenvalue weighted by Crippen LogP contribution is -2.22. The zero-order valence-corrected chi connectivity index (χ0v) is 12.1. The molecule has 1 atom stereocenters. The van der Waals surface area contributed by atoms with Gasteiger partial charge in [-0.25, -0.2) is 4.98 Å². The van der Waals surface area contributed by atoms with Crippen LogP contribution in [0.15, 0.2) is 42.6 Å². The maximum atomic E-state index is 5.96. The van der Waals surface area contributed by atoms with Gasteiger partial charge in [-0.2, -0.15) is 0 Å². The molecule has 0 amide bonds. The third-order valence-corrected chi connectivity index (χ3v) is 4.04. The maximum absolute atomic E-state index is 5.96. The van der Waals surface area contributed by atoms with Gasteiger partial charge in [-0.05, 0) is 42.3 Å². The summed E-state index contributed by atoms with van der Waals surface area (Å²) in [6, 6.07) is 12.6. The highest BCUT2D eigenvalue weighted by atomic mass is 35.5. The van der Waals surface area contributed by atoms with E-state index in [1.165, 1.54) is 16.8 Å². The molecule has 1 unspecified atom stereocenters. The van der Waals surface area contributed by atoms with Crippen LogP contribution >= 0.6 is 11.6 Å².